The summed E-state index contributed by atoms with van der Waals surface area (Å²) in [7, 11) is 0. The molecule has 2 aliphatic heterocycles. The van der Waals surface area contributed by atoms with Gasteiger partial charge in [0, 0.05) is 25.0 Å². The van der Waals surface area contributed by atoms with Crippen molar-refractivity contribution in [3.8, 4) is 0 Å². The summed E-state index contributed by atoms with van der Waals surface area (Å²) < 4.78 is 0. The number of hydrogen-bond acceptors (Lipinski definition) is 3. The Balaban J connectivity index is 1.29. The molecule has 3 heterocycles. The highest BCUT2D eigenvalue weighted by molar-refractivity contribution is 7.08. The SMILES string of the molecule is O=C(c1ccsc1)N1CCC2(CCN(CC3CC3)CC2)CC1. The highest BCUT2D eigenvalue weighted by Gasteiger charge is 2.39. The van der Waals surface area contributed by atoms with Crippen LogP contribution in [0.5, 0.6) is 0 Å². The molecule has 0 radical (unpaired) electrons. The molecule has 3 aliphatic rings. The summed E-state index contributed by atoms with van der Waals surface area (Å²) in [6.45, 7) is 5.83. The molecule has 3 nitrogen and oxygen atoms in total. The van der Waals surface area contributed by atoms with Crippen LogP contribution in [0.2, 0.25) is 0 Å². The van der Waals surface area contributed by atoms with Gasteiger partial charge >= 0.3 is 0 Å². The first kappa shape index (κ1) is 14.7. The minimum absolute atomic E-state index is 0.238. The number of hydrogen-bond donors (Lipinski definition) is 0. The molecular weight excluding hydrogens is 292 g/mol. The Morgan fingerprint density at radius 2 is 1.82 bits per heavy atom. The van der Waals surface area contributed by atoms with Crippen LogP contribution >= 0.6 is 11.3 Å². The molecular formula is C18H26N2OS. The minimum Gasteiger partial charge on any atom is -0.339 e. The lowest BCUT2D eigenvalue weighted by Crippen LogP contribution is -2.48. The van der Waals surface area contributed by atoms with Crippen LogP contribution in [0, 0.1) is 11.3 Å². The van der Waals surface area contributed by atoms with Crippen molar-refractivity contribution in [1.29, 1.82) is 0 Å². The summed E-state index contributed by atoms with van der Waals surface area (Å²) in [5.74, 6) is 1.25. The average molecular weight is 318 g/mol. The van der Waals surface area contributed by atoms with Gasteiger partial charge in [0.2, 0.25) is 0 Å². The van der Waals surface area contributed by atoms with E-state index in [0.29, 0.717) is 5.41 Å². The van der Waals surface area contributed by atoms with Gasteiger partial charge < -0.3 is 9.80 Å². The third-order valence-corrected chi connectivity index (χ3v) is 6.69. The first-order valence-electron chi connectivity index (χ1n) is 8.78. The van der Waals surface area contributed by atoms with E-state index in [1.54, 1.807) is 11.3 Å². The van der Waals surface area contributed by atoms with E-state index in [4.69, 9.17) is 0 Å². The second-order valence-corrected chi connectivity index (χ2v) is 8.33. The molecule has 1 amide bonds. The Morgan fingerprint density at radius 1 is 1.14 bits per heavy atom. The molecule has 0 aromatic carbocycles. The van der Waals surface area contributed by atoms with Crippen molar-refractivity contribution in [1.82, 2.24) is 9.80 Å². The fourth-order valence-electron chi connectivity index (χ4n) is 4.13. The Hall–Kier alpha value is -0.870. The molecule has 1 spiro atoms. The topological polar surface area (TPSA) is 23.6 Å². The largest absolute Gasteiger partial charge is 0.339 e. The predicted molar refractivity (Wildman–Crippen MR) is 90.3 cm³/mol. The molecule has 0 N–H and O–H groups in total. The fourth-order valence-corrected chi connectivity index (χ4v) is 4.76. The molecule has 1 aromatic rings. The molecule has 120 valence electrons. The maximum Gasteiger partial charge on any atom is 0.254 e. The van der Waals surface area contributed by atoms with E-state index in [2.05, 4.69) is 9.80 Å². The van der Waals surface area contributed by atoms with Crippen LogP contribution in [-0.2, 0) is 0 Å². The molecule has 0 unspecified atom stereocenters. The van der Waals surface area contributed by atoms with E-state index in [0.717, 1.165) is 24.6 Å². The summed E-state index contributed by atoms with van der Waals surface area (Å²) in [5, 5.41) is 3.97. The molecule has 3 fully saturated rings. The standard InChI is InChI=1S/C18H26N2OS/c21-17(16-3-12-22-14-16)20-10-6-18(7-11-20)4-8-19(9-5-18)13-15-1-2-15/h3,12,14-15H,1-2,4-11,13H2. The first-order chi connectivity index (χ1) is 10.7. The molecule has 4 rings (SSSR count). The van der Waals surface area contributed by atoms with Crippen LogP contribution in [0.1, 0.15) is 48.9 Å². The van der Waals surface area contributed by atoms with E-state index in [1.807, 2.05) is 16.8 Å². The molecule has 1 saturated carbocycles. The number of thiophene rings is 1. The molecule has 1 aromatic heterocycles. The number of carbonyl (C=O) groups is 1. The van der Waals surface area contributed by atoms with Crippen molar-refractivity contribution >= 4 is 17.2 Å². The van der Waals surface area contributed by atoms with Crippen LogP contribution in [-0.4, -0.2) is 48.4 Å². The zero-order valence-electron chi connectivity index (χ0n) is 13.3. The normalized spacial score (nSPS) is 25.5. The maximum atomic E-state index is 12.4. The average Bonchev–Trinajstić information content (AvgIpc) is 3.19. The molecule has 4 heteroatoms. The predicted octanol–water partition coefficient (Wildman–Crippen LogP) is 3.48. The van der Waals surface area contributed by atoms with Crippen LogP contribution in [0.3, 0.4) is 0 Å². The zero-order chi connectivity index (χ0) is 15.0. The number of rotatable bonds is 3. The third-order valence-electron chi connectivity index (χ3n) is 6.01. The fraction of sp³-hybridized carbons (Fsp3) is 0.722. The number of amides is 1. The molecule has 1 aliphatic carbocycles. The van der Waals surface area contributed by atoms with Gasteiger partial charge in [-0.25, -0.2) is 0 Å². The van der Waals surface area contributed by atoms with Gasteiger partial charge in [0.15, 0.2) is 0 Å². The van der Waals surface area contributed by atoms with Crippen molar-refractivity contribution < 1.29 is 4.79 Å². The lowest BCUT2D eigenvalue weighted by Gasteiger charge is -2.47. The molecule has 2 saturated heterocycles. The van der Waals surface area contributed by atoms with Crippen molar-refractivity contribution in [2.45, 2.75) is 38.5 Å². The maximum absolute atomic E-state index is 12.4. The highest BCUT2D eigenvalue weighted by Crippen LogP contribution is 2.42. The monoisotopic (exact) mass is 318 g/mol. The Kier molecular flexibility index (Phi) is 3.99. The molecule has 0 bridgehead atoms. The smallest absolute Gasteiger partial charge is 0.254 e. The summed E-state index contributed by atoms with van der Waals surface area (Å²) in [6, 6.07) is 1.95. The first-order valence-corrected chi connectivity index (χ1v) is 9.72. The minimum atomic E-state index is 0.238. The van der Waals surface area contributed by atoms with Gasteiger partial charge in [0.05, 0.1) is 5.56 Å². The summed E-state index contributed by atoms with van der Waals surface area (Å²) in [5.41, 5.74) is 1.41. The van der Waals surface area contributed by atoms with E-state index < -0.39 is 0 Å². The lowest BCUT2D eigenvalue weighted by atomic mass is 9.71. The van der Waals surface area contributed by atoms with Gasteiger partial charge in [0.25, 0.3) is 5.91 Å². The van der Waals surface area contributed by atoms with E-state index in [-0.39, 0.29) is 5.91 Å². The second kappa shape index (κ2) is 5.97. The quantitative estimate of drug-likeness (QED) is 0.852. The molecule has 22 heavy (non-hydrogen) atoms. The lowest BCUT2D eigenvalue weighted by molar-refractivity contribution is 0.0293. The summed E-state index contributed by atoms with van der Waals surface area (Å²) in [6.07, 6.45) is 8.03. The zero-order valence-corrected chi connectivity index (χ0v) is 14.1. The number of likely N-dealkylation sites (tertiary alicyclic amines) is 2. The van der Waals surface area contributed by atoms with Gasteiger partial charge in [-0.05, 0) is 74.4 Å². The van der Waals surface area contributed by atoms with Crippen molar-refractivity contribution in [3.05, 3.63) is 22.4 Å². The molecule has 0 atom stereocenters. The van der Waals surface area contributed by atoms with Gasteiger partial charge in [-0.2, -0.15) is 11.3 Å². The van der Waals surface area contributed by atoms with Gasteiger partial charge in [-0.1, -0.05) is 0 Å². The van der Waals surface area contributed by atoms with E-state index >= 15 is 0 Å². The Bertz CT molecular complexity index is 505. The highest BCUT2D eigenvalue weighted by atomic mass is 32.1. The number of piperidine rings is 2. The summed E-state index contributed by atoms with van der Waals surface area (Å²) >= 11 is 1.61. The third kappa shape index (κ3) is 3.09. The van der Waals surface area contributed by atoms with Crippen LogP contribution in [0.15, 0.2) is 16.8 Å². The number of nitrogens with zero attached hydrogens (tertiary/aromatic N) is 2. The Labute approximate surface area is 137 Å². The van der Waals surface area contributed by atoms with Crippen LogP contribution in [0.4, 0.5) is 0 Å². The van der Waals surface area contributed by atoms with Crippen molar-refractivity contribution in [3.63, 3.8) is 0 Å². The van der Waals surface area contributed by atoms with Crippen molar-refractivity contribution in [2.24, 2.45) is 11.3 Å². The van der Waals surface area contributed by atoms with Gasteiger partial charge in [0.1, 0.15) is 0 Å². The van der Waals surface area contributed by atoms with Crippen molar-refractivity contribution in [2.75, 3.05) is 32.7 Å². The van der Waals surface area contributed by atoms with Crippen LogP contribution < -0.4 is 0 Å². The second-order valence-electron chi connectivity index (χ2n) is 7.55. The Morgan fingerprint density at radius 3 is 2.41 bits per heavy atom. The van der Waals surface area contributed by atoms with E-state index in [9.17, 15) is 4.79 Å². The van der Waals surface area contributed by atoms with Gasteiger partial charge in [-0.15, -0.1) is 0 Å². The summed E-state index contributed by atoms with van der Waals surface area (Å²) in [4.78, 5) is 17.2. The van der Waals surface area contributed by atoms with Gasteiger partial charge in [-0.3, -0.25) is 4.79 Å². The van der Waals surface area contributed by atoms with E-state index in [1.165, 1.54) is 58.2 Å². The number of carbonyl (C=O) groups excluding carboxylic acids is 1. The van der Waals surface area contributed by atoms with Crippen LogP contribution in [0.25, 0.3) is 0 Å².